The predicted molar refractivity (Wildman–Crippen MR) is 27.5 cm³/mol. The Morgan fingerprint density at radius 3 is 2.38 bits per heavy atom. The molecule has 0 atom stereocenters. The monoisotopic (exact) mass is 137 g/mol. The van der Waals surface area contributed by atoms with Crippen LogP contribution in [0.3, 0.4) is 0 Å². The van der Waals surface area contributed by atoms with Gasteiger partial charge in [0.25, 0.3) is 10.1 Å². The summed E-state index contributed by atoms with van der Waals surface area (Å²) in [6.45, 7) is 0.197. The van der Waals surface area contributed by atoms with E-state index < -0.39 is 10.1 Å². The Labute approximate surface area is 48.2 Å². The second-order valence-electron chi connectivity index (χ2n) is 1.79. The van der Waals surface area contributed by atoms with Crippen molar-refractivity contribution in [1.29, 1.82) is 0 Å². The van der Waals surface area contributed by atoms with Crippen LogP contribution in [0.4, 0.5) is 0 Å². The Hall–Kier alpha value is -0.130. The van der Waals surface area contributed by atoms with E-state index >= 15 is 0 Å². The second kappa shape index (κ2) is 1.68. The smallest absolute Gasteiger partial charge is 0.267 e. The first kappa shape index (κ1) is 6.00. The first-order chi connectivity index (χ1) is 3.60. The summed E-state index contributed by atoms with van der Waals surface area (Å²) in [5, 5.41) is 0. The maximum Gasteiger partial charge on any atom is 0.282 e. The SMILES string of the molecule is CN1COS(=O)(=O)C1. The topological polar surface area (TPSA) is 46.6 Å². The number of rotatable bonds is 0. The minimum atomic E-state index is -3.17. The van der Waals surface area contributed by atoms with Crippen molar-refractivity contribution in [3.63, 3.8) is 0 Å². The van der Waals surface area contributed by atoms with Gasteiger partial charge in [0.1, 0.15) is 12.6 Å². The van der Waals surface area contributed by atoms with Gasteiger partial charge in [0.05, 0.1) is 0 Å². The lowest BCUT2D eigenvalue weighted by Gasteiger charge is -1.95. The van der Waals surface area contributed by atoms with Crippen molar-refractivity contribution >= 4 is 10.1 Å². The third-order valence-electron chi connectivity index (χ3n) is 0.831. The summed E-state index contributed by atoms with van der Waals surface area (Å²) in [6.07, 6.45) is 0. The van der Waals surface area contributed by atoms with E-state index in [1.807, 2.05) is 0 Å². The molecule has 0 aromatic carbocycles. The molecular weight excluding hydrogens is 130 g/mol. The molecule has 1 fully saturated rings. The summed E-state index contributed by atoms with van der Waals surface area (Å²) in [7, 11) is -1.48. The molecule has 4 nitrogen and oxygen atoms in total. The molecule has 0 aromatic rings. The summed E-state index contributed by atoms with van der Waals surface area (Å²) in [5.41, 5.74) is 0. The van der Waals surface area contributed by atoms with Gasteiger partial charge in [-0.2, -0.15) is 8.42 Å². The van der Waals surface area contributed by atoms with Gasteiger partial charge in [-0.3, -0.25) is 9.08 Å². The van der Waals surface area contributed by atoms with E-state index in [9.17, 15) is 8.42 Å². The molecule has 0 spiro atoms. The van der Waals surface area contributed by atoms with Gasteiger partial charge in [0, 0.05) is 0 Å². The average Bonchev–Trinajstić information content (AvgIpc) is 1.82. The number of hydrogen-bond acceptors (Lipinski definition) is 4. The molecule has 0 N–H and O–H groups in total. The Balaban J connectivity index is 2.71. The lowest BCUT2D eigenvalue weighted by atomic mass is 10.9. The molecule has 0 radical (unpaired) electrons. The van der Waals surface area contributed by atoms with Crippen molar-refractivity contribution in [2.24, 2.45) is 0 Å². The average molecular weight is 137 g/mol. The molecule has 0 bridgehead atoms. The molecule has 1 aliphatic heterocycles. The van der Waals surface area contributed by atoms with E-state index in [4.69, 9.17) is 0 Å². The van der Waals surface area contributed by atoms with Gasteiger partial charge in [0.2, 0.25) is 0 Å². The van der Waals surface area contributed by atoms with Gasteiger partial charge in [-0.15, -0.1) is 0 Å². The lowest BCUT2D eigenvalue weighted by molar-refractivity contribution is 0.230. The molecule has 1 rings (SSSR count). The minimum Gasteiger partial charge on any atom is -0.267 e. The summed E-state index contributed by atoms with van der Waals surface area (Å²) in [5.74, 6) is 0.0208. The van der Waals surface area contributed by atoms with E-state index in [2.05, 4.69) is 4.18 Å². The van der Waals surface area contributed by atoms with Crippen LogP contribution in [0.15, 0.2) is 0 Å². The maximum atomic E-state index is 10.4. The summed E-state index contributed by atoms with van der Waals surface area (Å²) in [4.78, 5) is 1.58. The molecule has 1 heterocycles. The van der Waals surface area contributed by atoms with E-state index in [0.29, 0.717) is 0 Å². The highest BCUT2D eigenvalue weighted by Crippen LogP contribution is 2.04. The molecular formula is C3H7NO3S. The van der Waals surface area contributed by atoms with Crippen LogP contribution in [0.1, 0.15) is 0 Å². The first-order valence-corrected chi connectivity index (χ1v) is 3.73. The van der Waals surface area contributed by atoms with E-state index in [-0.39, 0.29) is 12.6 Å². The van der Waals surface area contributed by atoms with Crippen LogP contribution < -0.4 is 0 Å². The van der Waals surface area contributed by atoms with Crippen LogP contribution in [0.5, 0.6) is 0 Å². The Kier molecular flexibility index (Phi) is 1.26. The van der Waals surface area contributed by atoms with Crippen LogP contribution in [0, 0.1) is 0 Å². The quantitative estimate of drug-likeness (QED) is 0.410. The van der Waals surface area contributed by atoms with Crippen molar-refractivity contribution in [2.45, 2.75) is 0 Å². The Morgan fingerprint density at radius 2 is 2.25 bits per heavy atom. The standard InChI is InChI=1S/C3H7NO3S/c1-4-2-7-8(5,6)3-4/h2-3H2,1H3. The fourth-order valence-electron chi connectivity index (χ4n) is 0.515. The highest BCUT2D eigenvalue weighted by molar-refractivity contribution is 7.86. The summed E-state index contributed by atoms with van der Waals surface area (Å²) < 4.78 is 25.1. The normalized spacial score (nSPS) is 28.6. The van der Waals surface area contributed by atoms with Gasteiger partial charge in [-0.25, -0.2) is 0 Å². The van der Waals surface area contributed by atoms with Crippen molar-refractivity contribution in [3.8, 4) is 0 Å². The lowest BCUT2D eigenvalue weighted by Crippen LogP contribution is -2.13. The van der Waals surface area contributed by atoms with Crippen LogP contribution in [-0.4, -0.2) is 33.0 Å². The van der Waals surface area contributed by atoms with E-state index in [1.165, 1.54) is 0 Å². The third-order valence-corrected chi connectivity index (χ3v) is 2.05. The minimum absolute atomic E-state index is 0.0208. The molecule has 0 aromatic heterocycles. The number of nitrogens with zero attached hydrogens (tertiary/aromatic N) is 1. The van der Waals surface area contributed by atoms with Crippen molar-refractivity contribution in [1.82, 2.24) is 4.90 Å². The Morgan fingerprint density at radius 1 is 1.62 bits per heavy atom. The highest BCUT2D eigenvalue weighted by atomic mass is 32.2. The van der Waals surface area contributed by atoms with Gasteiger partial charge in [-0.1, -0.05) is 0 Å². The summed E-state index contributed by atoms with van der Waals surface area (Å²) in [6, 6.07) is 0. The second-order valence-corrected chi connectivity index (χ2v) is 3.40. The molecule has 0 unspecified atom stereocenters. The third kappa shape index (κ3) is 1.18. The molecule has 1 aliphatic rings. The predicted octanol–water partition coefficient (Wildman–Crippen LogP) is -0.807. The first-order valence-electron chi connectivity index (χ1n) is 2.16. The van der Waals surface area contributed by atoms with E-state index in [0.717, 1.165) is 0 Å². The zero-order chi connectivity index (χ0) is 6.20. The van der Waals surface area contributed by atoms with Crippen LogP contribution in [-0.2, 0) is 14.3 Å². The Bertz CT molecular complexity index is 173. The fraction of sp³-hybridized carbons (Fsp3) is 1.00. The molecule has 8 heavy (non-hydrogen) atoms. The molecule has 0 amide bonds. The van der Waals surface area contributed by atoms with Crippen LogP contribution in [0.25, 0.3) is 0 Å². The van der Waals surface area contributed by atoms with Gasteiger partial charge < -0.3 is 0 Å². The molecule has 1 saturated heterocycles. The van der Waals surface area contributed by atoms with Crippen molar-refractivity contribution in [2.75, 3.05) is 19.7 Å². The largest absolute Gasteiger partial charge is 0.282 e. The van der Waals surface area contributed by atoms with Gasteiger partial charge >= 0.3 is 0 Å². The zero-order valence-corrected chi connectivity index (χ0v) is 5.31. The van der Waals surface area contributed by atoms with Crippen molar-refractivity contribution < 1.29 is 12.6 Å². The summed E-state index contributed by atoms with van der Waals surface area (Å²) >= 11 is 0. The molecule has 0 aliphatic carbocycles. The van der Waals surface area contributed by atoms with E-state index in [1.54, 1.807) is 11.9 Å². The number of hydrogen-bond donors (Lipinski definition) is 0. The van der Waals surface area contributed by atoms with Crippen LogP contribution >= 0.6 is 0 Å². The van der Waals surface area contributed by atoms with Gasteiger partial charge in [-0.05, 0) is 7.05 Å². The highest BCUT2D eigenvalue weighted by Gasteiger charge is 2.22. The molecule has 0 saturated carbocycles. The molecule has 48 valence electrons. The van der Waals surface area contributed by atoms with Gasteiger partial charge in [0.15, 0.2) is 0 Å². The zero-order valence-electron chi connectivity index (χ0n) is 4.49. The van der Waals surface area contributed by atoms with Crippen LogP contribution in [0.2, 0.25) is 0 Å². The fourth-order valence-corrected chi connectivity index (χ4v) is 1.54. The molecule has 5 heteroatoms. The maximum absolute atomic E-state index is 10.4. The van der Waals surface area contributed by atoms with Crippen molar-refractivity contribution in [3.05, 3.63) is 0 Å².